The molecule has 0 saturated heterocycles. The number of carbonyl (C=O) groups is 2. The molecule has 4 rings (SSSR count). The van der Waals surface area contributed by atoms with Crippen molar-refractivity contribution in [3.63, 3.8) is 0 Å². The predicted molar refractivity (Wildman–Crippen MR) is 99.4 cm³/mol. The van der Waals surface area contributed by atoms with Crippen molar-refractivity contribution in [3.05, 3.63) is 63.3 Å². The number of hydrogen-bond donors (Lipinski definition) is 1. The molecule has 1 N–H and O–H groups in total. The molecular formula is C20H16FNO3S. The lowest BCUT2D eigenvalue weighted by molar-refractivity contribution is -0.111. The average Bonchev–Trinajstić information content (AvgIpc) is 3.21. The van der Waals surface area contributed by atoms with Crippen LogP contribution in [0.4, 0.5) is 10.1 Å². The molecular weight excluding hydrogens is 353 g/mol. The van der Waals surface area contributed by atoms with E-state index in [1.165, 1.54) is 30.4 Å². The number of fused-ring (bicyclic) bond motifs is 1. The number of ketones is 1. The van der Waals surface area contributed by atoms with Crippen LogP contribution >= 0.6 is 11.3 Å². The zero-order chi connectivity index (χ0) is 18.6. The molecule has 0 atom stereocenters. The van der Waals surface area contributed by atoms with Crippen LogP contribution in [-0.2, 0) is 9.53 Å². The van der Waals surface area contributed by atoms with Crippen LogP contribution in [0.25, 0.3) is 11.1 Å². The van der Waals surface area contributed by atoms with E-state index in [1.54, 1.807) is 12.1 Å². The molecule has 1 amide bonds. The lowest BCUT2D eigenvalue weighted by atomic mass is 9.98. The molecule has 6 heteroatoms. The minimum Gasteiger partial charge on any atom is -0.482 e. The molecule has 132 valence electrons. The van der Waals surface area contributed by atoms with Gasteiger partial charge in [0.2, 0.25) is 0 Å². The van der Waals surface area contributed by atoms with Crippen LogP contribution in [0.3, 0.4) is 0 Å². The van der Waals surface area contributed by atoms with Gasteiger partial charge in [0, 0.05) is 16.0 Å². The third kappa shape index (κ3) is 2.57. The van der Waals surface area contributed by atoms with Crippen molar-refractivity contribution in [2.24, 2.45) is 0 Å². The molecule has 0 bridgehead atoms. The Bertz CT molecular complexity index is 1030. The second-order valence-corrected chi connectivity index (χ2v) is 7.86. The van der Waals surface area contributed by atoms with Gasteiger partial charge in [0.1, 0.15) is 17.2 Å². The number of halogens is 1. The van der Waals surface area contributed by atoms with Gasteiger partial charge in [-0.3, -0.25) is 9.59 Å². The highest BCUT2D eigenvalue weighted by Gasteiger charge is 2.38. The zero-order valence-electron chi connectivity index (χ0n) is 14.5. The van der Waals surface area contributed by atoms with Crippen LogP contribution in [0.1, 0.15) is 40.9 Å². The third-order valence-corrected chi connectivity index (χ3v) is 5.70. The minimum atomic E-state index is -0.649. The number of anilines is 1. The van der Waals surface area contributed by atoms with Crippen molar-refractivity contribution in [1.29, 1.82) is 0 Å². The smallest absolute Gasteiger partial charge is 0.260 e. The minimum absolute atomic E-state index is 0.0169. The third-order valence-electron chi connectivity index (χ3n) is 4.48. The maximum absolute atomic E-state index is 13.4. The van der Waals surface area contributed by atoms with Crippen molar-refractivity contribution in [2.75, 3.05) is 5.32 Å². The van der Waals surface area contributed by atoms with Crippen LogP contribution in [0, 0.1) is 5.82 Å². The Morgan fingerprint density at radius 2 is 2.00 bits per heavy atom. The second-order valence-electron chi connectivity index (χ2n) is 6.77. The van der Waals surface area contributed by atoms with Crippen LogP contribution in [0.15, 0.2) is 42.2 Å². The average molecular weight is 369 g/mol. The molecule has 3 heterocycles. The van der Waals surface area contributed by atoms with Gasteiger partial charge in [-0.05, 0) is 57.2 Å². The summed E-state index contributed by atoms with van der Waals surface area (Å²) in [5, 5.41) is 2.68. The van der Waals surface area contributed by atoms with Crippen molar-refractivity contribution < 1.29 is 18.7 Å². The fraction of sp³-hybridized carbons (Fsp3) is 0.200. The highest BCUT2D eigenvalue weighted by atomic mass is 32.1. The number of ether oxygens (including phenoxy) is 1. The number of carbonyl (C=O) groups excluding carboxylic acids is 2. The number of allylic oxidation sites excluding steroid dienone is 1. The summed E-state index contributed by atoms with van der Waals surface area (Å²) in [5.74, 6) is -0.257. The topological polar surface area (TPSA) is 55.4 Å². The van der Waals surface area contributed by atoms with E-state index in [1.807, 2.05) is 26.0 Å². The van der Waals surface area contributed by atoms with Crippen molar-refractivity contribution in [2.45, 2.75) is 26.4 Å². The van der Waals surface area contributed by atoms with Gasteiger partial charge in [-0.15, -0.1) is 11.3 Å². The van der Waals surface area contributed by atoms with E-state index in [-0.39, 0.29) is 11.7 Å². The summed E-state index contributed by atoms with van der Waals surface area (Å²) in [6.45, 7) is 5.36. The molecule has 0 spiro atoms. The Kier molecular flexibility index (Phi) is 3.63. The summed E-state index contributed by atoms with van der Waals surface area (Å²) in [5.41, 5.74) is 1.71. The molecule has 0 unspecified atom stereocenters. The van der Waals surface area contributed by atoms with E-state index in [9.17, 15) is 14.0 Å². The van der Waals surface area contributed by atoms with Gasteiger partial charge in [0.25, 0.3) is 5.91 Å². The number of rotatable bonds is 2. The predicted octanol–water partition coefficient (Wildman–Crippen LogP) is 4.65. The molecule has 1 aromatic carbocycles. The summed E-state index contributed by atoms with van der Waals surface area (Å²) in [6, 6.07) is 7.88. The van der Waals surface area contributed by atoms with Gasteiger partial charge in [0.05, 0.1) is 16.1 Å². The standard InChI is InChI=1S/C20H16FNO3S/c1-10(23)16-6-7-17(26-16)13-9-15(25-20(13,2)3)18-12-5-4-11(21)8-14(12)22-19(18)24/h4-9H,1-3H3,(H,22,24). The first kappa shape index (κ1) is 16.7. The molecule has 4 nitrogen and oxygen atoms in total. The SMILES string of the molecule is CC(=O)c1ccc(C2=CC(=C3C(=O)Nc4cc(F)ccc43)OC2(C)C)s1. The van der Waals surface area contributed by atoms with E-state index >= 15 is 0 Å². The Balaban J connectivity index is 1.84. The zero-order valence-corrected chi connectivity index (χ0v) is 15.3. The molecule has 26 heavy (non-hydrogen) atoms. The summed E-state index contributed by atoms with van der Waals surface area (Å²) >= 11 is 1.40. The van der Waals surface area contributed by atoms with Gasteiger partial charge >= 0.3 is 0 Å². The van der Waals surface area contributed by atoms with Crippen LogP contribution in [0.5, 0.6) is 0 Å². The van der Waals surface area contributed by atoms with Crippen LogP contribution < -0.4 is 5.32 Å². The number of thiophene rings is 1. The van der Waals surface area contributed by atoms with Gasteiger partial charge in [-0.1, -0.05) is 0 Å². The fourth-order valence-electron chi connectivity index (χ4n) is 3.22. The number of benzene rings is 1. The van der Waals surface area contributed by atoms with Gasteiger partial charge in [-0.2, -0.15) is 0 Å². The normalized spacial score (nSPS) is 20.5. The highest BCUT2D eigenvalue weighted by Crippen LogP contribution is 2.45. The molecule has 0 fully saturated rings. The molecule has 0 saturated carbocycles. The highest BCUT2D eigenvalue weighted by molar-refractivity contribution is 7.15. The first-order valence-electron chi connectivity index (χ1n) is 8.14. The van der Waals surface area contributed by atoms with Crippen LogP contribution in [0.2, 0.25) is 0 Å². The Morgan fingerprint density at radius 3 is 2.69 bits per heavy atom. The molecule has 2 aliphatic rings. The number of amides is 1. The fourth-order valence-corrected chi connectivity index (χ4v) is 4.28. The number of Topliss-reactive ketones (excluding diaryl/α,β-unsaturated/α-hetero) is 1. The summed E-state index contributed by atoms with van der Waals surface area (Å²) in [6.07, 6.45) is 1.84. The van der Waals surface area contributed by atoms with E-state index in [4.69, 9.17) is 4.74 Å². The monoisotopic (exact) mass is 369 g/mol. The molecule has 0 radical (unpaired) electrons. The first-order valence-corrected chi connectivity index (χ1v) is 8.96. The largest absolute Gasteiger partial charge is 0.482 e. The first-order chi connectivity index (χ1) is 12.3. The van der Waals surface area contributed by atoms with Gasteiger partial charge < -0.3 is 10.1 Å². The van der Waals surface area contributed by atoms with Gasteiger partial charge in [-0.25, -0.2) is 4.39 Å². The lowest BCUT2D eigenvalue weighted by Crippen LogP contribution is -2.20. The maximum atomic E-state index is 13.4. The maximum Gasteiger partial charge on any atom is 0.260 e. The quantitative estimate of drug-likeness (QED) is 0.619. The molecule has 2 aromatic rings. The van der Waals surface area contributed by atoms with Crippen molar-refractivity contribution >= 4 is 39.9 Å². The molecule has 0 aliphatic carbocycles. The second kappa shape index (κ2) is 5.64. The lowest BCUT2D eigenvalue weighted by Gasteiger charge is -2.22. The van der Waals surface area contributed by atoms with E-state index in [0.717, 1.165) is 10.5 Å². The van der Waals surface area contributed by atoms with E-state index < -0.39 is 11.4 Å². The number of hydrogen-bond acceptors (Lipinski definition) is 4. The summed E-state index contributed by atoms with van der Waals surface area (Å²) in [7, 11) is 0. The Labute approximate surface area is 154 Å². The van der Waals surface area contributed by atoms with E-state index in [2.05, 4.69) is 5.32 Å². The van der Waals surface area contributed by atoms with Gasteiger partial charge in [0.15, 0.2) is 5.78 Å². The molecule has 2 aliphatic heterocycles. The Morgan fingerprint density at radius 1 is 1.23 bits per heavy atom. The van der Waals surface area contributed by atoms with E-state index in [0.29, 0.717) is 27.5 Å². The summed E-state index contributed by atoms with van der Waals surface area (Å²) in [4.78, 5) is 25.6. The summed E-state index contributed by atoms with van der Waals surface area (Å²) < 4.78 is 19.5. The Hall–Kier alpha value is -2.73. The van der Waals surface area contributed by atoms with Crippen molar-refractivity contribution in [1.82, 2.24) is 0 Å². The van der Waals surface area contributed by atoms with Crippen LogP contribution in [-0.4, -0.2) is 17.3 Å². The van der Waals surface area contributed by atoms with Crippen molar-refractivity contribution in [3.8, 4) is 0 Å². The molecule has 1 aromatic heterocycles. The number of nitrogens with one attached hydrogen (secondary N) is 1.